The molecular weight excluding hydrogens is 493 g/mol. The highest BCUT2D eigenvalue weighted by Crippen LogP contribution is 2.35. The summed E-state index contributed by atoms with van der Waals surface area (Å²) in [7, 11) is -3.44. The summed E-state index contributed by atoms with van der Waals surface area (Å²) in [6.07, 6.45) is 3.49. The van der Waals surface area contributed by atoms with E-state index < -0.39 is 38.6 Å². The average Bonchev–Trinajstić information content (AvgIpc) is 3.30. The first-order valence-corrected chi connectivity index (χ1v) is 12.4. The lowest BCUT2D eigenvalue weighted by atomic mass is 10.00. The zero-order valence-corrected chi connectivity index (χ0v) is 20.4. The smallest absolute Gasteiger partial charge is 0.246 e. The lowest BCUT2D eigenvalue weighted by Crippen LogP contribution is -2.31. The maximum absolute atomic E-state index is 15.9. The summed E-state index contributed by atoms with van der Waals surface area (Å²) in [5.41, 5.74) is 1.70. The van der Waals surface area contributed by atoms with Crippen LogP contribution in [0.25, 0.3) is 22.4 Å². The molecule has 0 aliphatic heterocycles. The van der Waals surface area contributed by atoms with Crippen LogP contribution in [0.3, 0.4) is 0 Å². The number of nitrogens with zero attached hydrogens (tertiary/aromatic N) is 3. The van der Waals surface area contributed by atoms with E-state index >= 15 is 4.39 Å². The first kappa shape index (κ1) is 25.5. The van der Waals surface area contributed by atoms with Gasteiger partial charge in [0.1, 0.15) is 34.3 Å². The van der Waals surface area contributed by atoms with Gasteiger partial charge >= 0.3 is 0 Å². The van der Waals surface area contributed by atoms with E-state index in [4.69, 9.17) is 4.74 Å². The van der Waals surface area contributed by atoms with Gasteiger partial charge in [-0.25, -0.2) is 21.6 Å². The van der Waals surface area contributed by atoms with E-state index in [1.54, 1.807) is 35.4 Å². The Labute approximate surface area is 206 Å². The number of rotatable bonds is 8. The highest BCUT2D eigenvalue weighted by molar-refractivity contribution is 7.89. The molecular formula is C25H23F3N4O3S. The van der Waals surface area contributed by atoms with Gasteiger partial charge in [0.2, 0.25) is 10.0 Å². The molecule has 36 heavy (non-hydrogen) atoms. The van der Waals surface area contributed by atoms with Gasteiger partial charge in [-0.3, -0.25) is 9.67 Å². The van der Waals surface area contributed by atoms with Crippen LogP contribution in [0.5, 0.6) is 0 Å². The van der Waals surface area contributed by atoms with Crippen LogP contribution >= 0.6 is 0 Å². The van der Waals surface area contributed by atoms with Gasteiger partial charge in [-0.2, -0.15) is 9.82 Å². The number of sulfonamides is 1. The molecule has 0 amide bonds. The third-order valence-electron chi connectivity index (χ3n) is 5.50. The molecule has 4 rings (SSSR count). The second-order valence-corrected chi connectivity index (χ2v) is 9.90. The molecule has 0 saturated heterocycles. The summed E-state index contributed by atoms with van der Waals surface area (Å²) < 4.78 is 78.2. The third-order valence-corrected chi connectivity index (χ3v) is 6.92. The van der Waals surface area contributed by atoms with Gasteiger partial charge in [-0.05, 0) is 55.8 Å². The van der Waals surface area contributed by atoms with Crippen LogP contribution in [-0.2, 0) is 14.8 Å². The quantitative estimate of drug-likeness (QED) is 0.324. The standard InChI is InChI=1S/C25H23F3N4O3S/c1-15(2)32-14-20(16-9-11-29-12-10-16)24(30-32)18-5-4-6-19(23(18)28)25(35-3)31-36(33,34)22-13-17(26)7-8-21(22)27/h4-15,25,31H,1-3H3. The molecule has 1 N–H and O–H groups in total. The first-order chi connectivity index (χ1) is 17.1. The lowest BCUT2D eigenvalue weighted by molar-refractivity contribution is 0.0910. The number of ether oxygens (including phenoxy) is 1. The molecule has 0 saturated carbocycles. The van der Waals surface area contributed by atoms with Crippen LogP contribution in [0.2, 0.25) is 0 Å². The second-order valence-electron chi connectivity index (χ2n) is 8.22. The van der Waals surface area contributed by atoms with Gasteiger partial charge in [-0.1, -0.05) is 12.1 Å². The Bertz CT molecular complexity index is 1490. The summed E-state index contributed by atoms with van der Waals surface area (Å²) in [6, 6.07) is 9.94. The fourth-order valence-electron chi connectivity index (χ4n) is 3.66. The molecule has 0 radical (unpaired) electrons. The molecule has 0 fully saturated rings. The van der Waals surface area contributed by atoms with Crippen LogP contribution in [0.15, 0.2) is 72.0 Å². The van der Waals surface area contributed by atoms with Crippen molar-refractivity contribution in [3.8, 4) is 22.4 Å². The fourth-order valence-corrected chi connectivity index (χ4v) is 4.88. The van der Waals surface area contributed by atoms with Crippen molar-refractivity contribution in [2.75, 3.05) is 7.11 Å². The maximum atomic E-state index is 15.9. The molecule has 0 aliphatic carbocycles. The molecule has 0 spiro atoms. The average molecular weight is 517 g/mol. The Morgan fingerprint density at radius 1 is 1.00 bits per heavy atom. The molecule has 1 unspecified atom stereocenters. The van der Waals surface area contributed by atoms with Crippen molar-refractivity contribution in [2.45, 2.75) is 31.0 Å². The topological polar surface area (TPSA) is 86.1 Å². The Morgan fingerprint density at radius 2 is 1.72 bits per heavy atom. The van der Waals surface area contributed by atoms with Crippen molar-refractivity contribution in [1.29, 1.82) is 0 Å². The van der Waals surface area contributed by atoms with Crippen LogP contribution in [0, 0.1) is 17.5 Å². The molecule has 2 aromatic heterocycles. The minimum Gasteiger partial charge on any atom is -0.361 e. The Kier molecular flexibility index (Phi) is 7.25. The molecule has 2 heterocycles. The Balaban J connectivity index is 1.79. The van der Waals surface area contributed by atoms with Crippen molar-refractivity contribution in [3.05, 3.63) is 90.1 Å². The number of methoxy groups -OCH3 is 1. The molecule has 0 aliphatic rings. The van der Waals surface area contributed by atoms with Gasteiger partial charge < -0.3 is 4.74 Å². The van der Waals surface area contributed by atoms with Gasteiger partial charge in [0.05, 0.1) is 0 Å². The highest BCUT2D eigenvalue weighted by atomic mass is 32.2. The minimum atomic E-state index is -4.61. The number of pyridine rings is 1. The summed E-state index contributed by atoms with van der Waals surface area (Å²) in [6.45, 7) is 3.86. The van der Waals surface area contributed by atoms with E-state index in [2.05, 4.69) is 14.8 Å². The van der Waals surface area contributed by atoms with E-state index in [0.717, 1.165) is 18.7 Å². The molecule has 4 aromatic rings. The molecule has 11 heteroatoms. The van der Waals surface area contributed by atoms with Gasteiger partial charge in [0.15, 0.2) is 0 Å². The summed E-state index contributed by atoms with van der Waals surface area (Å²) in [4.78, 5) is 3.10. The summed E-state index contributed by atoms with van der Waals surface area (Å²) in [5.74, 6) is -2.88. The van der Waals surface area contributed by atoms with Crippen LogP contribution in [-0.4, -0.2) is 30.3 Å². The number of aromatic nitrogens is 3. The van der Waals surface area contributed by atoms with Gasteiger partial charge in [0, 0.05) is 48.4 Å². The zero-order chi connectivity index (χ0) is 26.0. The van der Waals surface area contributed by atoms with E-state index in [1.807, 2.05) is 13.8 Å². The predicted octanol–water partition coefficient (Wildman–Crippen LogP) is 5.23. The maximum Gasteiger partial charge on any atom is 0.246 e. The minimum absolute atomic E-state index is 0.00900. The largest absolute Gasteiger partial charge is 0.361 e. The number of halogens is 3. The van der Waals surface area contributed by atoms with Crippen LogP contribution in [0.4, 0.5) is 13.2 Å². The van der Waals surface area contributed by atoms with E-state index in [0.29, 0.717) is 23.4 Å². The van der Waals surface area contributed by atoms with Crippen LogP contribution < -0.4 is 4.72 Å². The van der Waals surface area contributed by atoms with E-state index in [-0.39, 0.29) is 17.2 Å². The molecule has 188 valence electrons. The van der Waals surface area contributed by atoms with Crippen molar-refractivity contribution in [1.82, 2.24) is 19.5 Å². The third kappa shape index (κ3) is 5.03. The highest BCUT2D eigenvalue weighted by Gasteiger charge is 2.28. The Morgan fingerprint density at radius 3 is 2.39 bits per heavy atom. The predicted molar refractivity (Wildman–Crippen MR) is 128 cm³/mol. The van der Waals surface area contributed by atoms with E-state index in [1.165, 1.54) is 18.2 Å². The van der Waals surface area contributed by atoms with Crippen molar-refractivity contribution < 1.29 is 26.3 Å². The molecule has 2 aromatic carbocycles. The van der Waals surface area contributed by atoms with Crippen molar-refractivity contribution >= 4 is 10.0 Å². The zero-order valence-electron chi connectivity index (χ0n) is 19.6. The fraction of sp³-hybridized carbons (Fsp3) is 0.200. The molecule has 0 bridgehead atoms. The summed E-state index contributed by atoms with van der Waals surface area (Å²) in [5, 5.41) is 4.57. The van der Waals surface area contributed by atoms with Gasteiger partial charge in [-0.15, -0.1) is 0 Å². The normalized spacial score (nSPS) is 12.8. The SMILES string of the molecule is COC(NS(=O)(=O)c1cc(F)ccc1F)c1cccc(-c2nn(C(C)C)cc2-c2ccncc2)c1F. The second kappa shape index (κ2) is 10.2. The van der Waals surface area contributed by atoms with Gasteiger partial charge in [0.25, 0.3) is 0 Å². The Hall–Kier alpha value is -3.54. The van der Waals surface area contributed by atoms with Crippen LogP contribution in [0.1, 0.15) is 31.7 Å². The molecule has 1 atom stereocenters. The first-order valence-electron chi connectivity index (χ1n) is 10.9. The number of hydrogen-bond donors (Lipinski definition) is 1. The molecule has 7 nitrogen and oxygen atoms in total. The number of hydrogen-bond acceptors (Lipinski definition) is 5. The number of benzene rings is 2. The number of nitrogens with one attached hydrogen (secondary N) is 1. The van der Waals surface area contributed by atoms with E-state index in [9.17, 15) is 17.2 Å². The lowest BCUT2D eigenvalue weighted by Gasteiger charge is -2.19. The monoisotopic (exact) mass is 516 g/mol. The van der Waals surface area contributed by atoms with Crippen molar-refractivity contribution in [3.63, 3.8) is 0 Å². The van der Waals surface area contributed by atoms with Crippen molar-refractivity contribution in [2.24, 2.45) is 0 Å². The summed E-state index contributed by atoms with van der Waals surface area (Å²) >= 11 is 0.